The Kier molecular flexibility index (Phi) is 6.86. The Balaban J connectivity index is 1.82. The van der Waals surface area contributed by atoms with E-state index in [0.717, 1.165) is 31.4 Å². The second-order valence-electron chi connectivity index (χ2n) is 5.80. The van der Waals surface area contributed by atoms with Gasteiger partial charge in [-0.3, -0.25) is 14.5 Å². The largest absolute Gasteiger partial charge is 0.469 e. The molecule has 1 fully saturated rings. The molecule has 0 unspecified atom stereocenters. The first-order valence-corrected chi connectivity index (χ1v) is 8.28. The number of hydrogen-bond donors (Lipinski definition) is 1. The lowest BCUT2D eigenvalue weighted by atomic mass is 9.99. The molecule has 1 aliphatic rings. The van der Waals surface area contributed by atoms with Crippen LogP contribution in [0.15, 0.2) is 24.3 Å². The fourth-order valence-corrected chi connectivity index (χ4v) is 2.94. The summed E-state index contributed by atoms with van der Waals surface area (Å²) in [6, 6.07) is 7.49. The number of esters is 1. The van der Waals surface area contributed by atoms with E-state index in [1.165, 1.54) is 7.11 Å². The molecule has 126 valence electrons. The van der Waals surface area contributed by atoms with Crippen molar-refractivity contribution >= 4 is 23.5 Å². The first-order valence-electron chi connectivity index (χ1n) is 7.90. The van der Waals surface area contributed by atoms with Crippen molar-refractivity contribution in [3.05, 3.63) is 34.9 Å². The van der Waals surface area contributed by atoms with Crippen LogP contribution in [0, 0.1) is 0 Å². The molecule has 23 heavy (non-hydrogen) atoms. The van der Waals surface area contributed by atoms with E-state index in [4.69, 9.17) is 16.3 Å². The molecule has 1 aliphatic heterocycles. The van der Waals surface area contributed by atoms with Gasteiger partial charge in [-0.05, 0) is 37.1 Å². The van der Waals surface area contributed by atoms with Crippen LogP contribution in [0.1, 0.15) is 31.2 Å². The van der Waals surface area contributed by atoms with Crippen molar-refractivity contribution in [3.8, 4) is 0 Å². The monoisotopic (exact) mass is 338 g/mol. The van der Waals surface area contributed by atoms with Gasteiger partial charge in [-0.15, -0.1) is 0 Å². The molecule has 0 bridgehead atoms. The summed E-state index contributed by atoms with van der Waals surface area (Å²) >= 11 is 5.84. The van der Waals surface area contributed by atoms with Crippen LogP contribution in [0.5, 0.6) is 0 Å². The normalized spacial score (nSPS) is 18.4. The lowest BCUT2D eigenvalue weighted by Gasteiger charge is -2.34. The number of carbonyl (C=O) groups excluding carboxylic acids is 2. The van der Waals surface area contributed by atoms with Crippen molar-refractivity contribution in [2.45, 2.75) is 38.3 Å². The summed E-state index contributed by atoms with van der Waals surface area (Å²) in [7, 11) is 1.40. The van der Waals surface area contributed by atoms with Gasteiger partial charge in [-0.2, -0.15) is 0 Å². The van der Waals surface area contributed by atoms with Crippen LogP contribution >= 0.6 is 11.6 Å². The standard InChI is InChI=1S/C17H23ClN2O3/c1-23-17(22)10-15-4-2-3-9-20(15)12-16(21)19-11-13-5-7-14(18)8-6-13/h5-8,15H,2-4,9-12H2,1H3,(H,19,21)/t15-/m0/s1. The highest BCUT2D eigenvalue weighted by Gasteiger charge is 2.26. The molecule has 5 nitrogen and oxygen atoms in total. The van der Waals surface area contributed by atoms with Crippen LogP contribution < -0.4 is 5.32 Å². The van der Waals surface area contributed by atoms with Crippen LogP contribution in [-0.2, 0) is 20.9 Å². The number of ether oxygens (including phenoxy) is 1. The summed E-state index contributed by atoms with van der Waals surface area (Å²) in [5, 5.41) is 3.59. The van der Waals surface area contributed by atoms with Crippen molar-refractivity contribution < 1.29 is 14.3 Å². The number of rotatable bonds is 6. The van der Waals surface area contributed by atoms with Crippen molar-refractivity contribution in [1.29, 1.82) is 0 Å². The highest BCUT2D eigenvalue weighted by molar-refractivity contribution is 6.30. The Labute approximate surface area is 141 Å². The van der Waals surface area contributed by atoms with Crippen molar-refractivity contribution in [2.75, 3.05) is 20.2 Å². The first kappa shape index (κ1) is 17.8. The molecule has 2 rings (SSSR count). The molecule has 0 spiro atoms. The fourth-order valence-electron chi connectivity index (χ4n) is 2.82. The first-order chi connectivity index (χ1) is 11.1. The Morgan fingerprint density at radius 2 is 2.04 bits per heavy atom. The molecule has 1 atom stereocenters. The average Bonchev–Trinajstić information content (AvgIpc) is 2.56. The second-order valence-corrected chi connectivity index (χ2v) is 6.24. The van der Waals surface area contributed by atoms with E-state index in [1.807, 2.05) is 12.1 Å². The molecule has 1 heterocycles. The SMILES string of the molecule is COC(=O)C[C@@H]1CCCCN1CC(=O)NCc1ccc(Cl)cc1. The summed E-state index contributed by atoms with van der Waals surface area (Å²) in [6.07, 6.45) is 3.42. The van der Waals surface area contributed by atoms with Crippen molar-refractivity contribution in [3.63, 3.8) is 0 Å². The smallest absolute Gasteiger partial charge is 0.307 e. The quantitative estimate of drug-likeness (QED) is 0.809. The van der Waals surface area contributed by atoms with E-state index in [9.17, 15) is 9.59 Å². The molecule has 0 aromatic heterocycles. The number of nitrogens with zero attached hydrogens (tertiary/aromatic N) is 1. The molecule has 0 aliphatic carbocycles. The van der Waals surface area contributed by atoms with Gasteiger partial charge in [0.2, 0.25) is 5.91 Å². The molecule has 1 saturated heterocycles. The predicted molar refractivity (Wildman–Crippen MR) is 89.1 cm³/mol. The van der Waals surface area contributed by atoms with Crippen molar-refractivity contribution in [1.82, 2.24) is 10.2 Å². The number of nitrogens with one attached hydrogen (secondary N) is 1. The molecule has 1 amide bonds. The van der Waals surface area contributed by atoms with Crippen LogP contribution in [0.25, 0.3) is 0 Å². The zero-order valence-corrected chi connectivity index (χ0v) is 14.1. The minimum absolute atomic E-state index is 0.0308. The maximum atomic E-state index is 12.2. The number of likely N-dealkylation sites (tertiary alicyclic amines) is 1. The molecule has 1 N–H and O–H groups in total. The predicted octanol–water partition coefficient (Wildman–Crippen LogP) is 2.37. The third-order valence-corrected chi connectivity index (χ3v) is 4.38. The van der Waals surface area contributed by atoms with E-state index >= 15 is 0 Å². The Bertz CT molecular complexity index is 533. The number of methoxy groups -OCH3 is 1. The second kappa shape index (κ2) is 8.89. The Morgan fingerprint density at radius 1 is 1.30 bits per heavy atom. The zero-order chi connectivity index (χ0) is 16.7. The van der Waals surface area contributed by atoms with Gasteiger partial charge in [-0.25, -0.2) is 0 Å². The Morgan fingerprint density at radius 3 is 2.74 bits per heavy atom. The van der Waals surface area contributed by atoms with Gasteiger partial charge in [0.25, 0.3) is 0 Å². The third kappa shape index (κ3) is 5.84. The summed E-state index contributed by atoms with van der Waals surface area (Å²) < 4.78 is 4.74. The lowest BCUT2D eigenvalue weighted by Crippen LogP contribution is -2.46. The number of benzene rings is 1. The summed E-state index contributed by atoms with van der Waals surface area (Å²) in [4.78, 5) is 25.7. The molecule has 1 aromatic rings. The maximum Gasteiger partial charge on any atom is 0.307 e. The maximum absolute atomic E-state index is 12.2. The average molecular weight is 339 g/mol. The molecular weight excluding hydrogens is 316 g/mol. The van der Waals surface area contributed by atoms with Gasteiger partial charge in [0.1, 0.15) is 0 Å². The number of amides is 1. The number of halogens is 1. The van der Waals surface area contributed by atoms with Crippen LogP contribution in [0.4, 0.5) is 0 Å². The minimum Gasteiger partial charge on any atom is -0.469 e. The number of piperidine rings is 1. The zero-order valence-electron chi connectivity index (χ0n) is 13.4. The summed E-state index contributed by atoms with van der Waals surface area (Å²) in [5.74, 6) is -0.250. The van der Waals surface area contributed by atoms with Crippen molar-refractivity contribution in [2.24, 2.45) is 0 Å². The molecule has 0 saturated carbocycles. The van der Waals surface area contributed by atoms with Crippen LogP contribution in [0.3, 0.4) is 0 Å². The van der Waals surface area contributed by atoms with Gasteiger partial charge in [0.05, 0.1) is 20.1 Å². The van der Waals surface area contributed by atoms with E-state index in [0.29, 0.717) is 24.5 Å². The molecule has 1 aromatic carbocycles. The van der Waals surface area contributed by atoms with Gasteiger partial charge >= 0.3 is 5.97 Å². The molecule has 6 heteroatoms. The fraction of sp³-hybridized carbons (Fsp3) is 0.529. The van der Waals surface area contributed by atoms with Gasteiger partial charge in [-0.1, -0.05) is 30.2 Å². The summed E-state index contributed by atoms with van der Waals surface area (Å²) in [5.41, 5.74) is 1.01. The number of carbonyl (C=O) groups is 2. The van der Waals surface area contributed by atoms with E-state index < -0.39 is 0 Å². The minimum atomic E-state index is -0.219. The van der Waals surface area contributed by atoms with E-state index in [-0.39, 0.29) is 17.9 Å². The topological polar surface area (TPSA) is 58.6 Å². The van der Waals surface area contributed by atoms with Gasteiger partial charge in [0.15, 0.2) is 0 Å². The van der Waals surface area contributed by atoms with E-state index in [1.54, 1.807) is 12.1 Å². The molecule has 0 radical (unpaired) electrons. The highest BCUT2D eigenvalue weighted by Crippen LogP contribution is 2.19. The summed E-state index contributed by atoms with van der Waals surface area (Å²) in [6.45, 7) is 1.64. The van der Waals surface area contributed by atoms with E-state index in [2.05, 4.69) is 10.2 Å². The lowest BCUT2D eigenvalue weighted by molar-refractivity contribution is -0.143. The van der Waals surface area contributed by atoms with Gasteiger partial charge in [0, 0.05) is 17.6 Å². The molecular formula is C17H23ClN2O3. The van der Waals surface area contributed by atoms with Crippen LogP contribution in [-0.4, -0.2) is 43.0 Å². The highest BCUT2D eigenvalue weighted by atomic mass is 35.5. The Hall–Kier alpha value is -1.59. The van der Waals surface area contributed by atoms with Gasteiger partial charge < -0.3 is 10.1 Å². The third-order valence-electron chi connectivity index (χ3n) is 4.13. The number of hydrogen-bond acceptors (Lipinski definition) is 4. The van der Waals surface area contributed by atoms with Crippen LogP contribution in [0.2, 0.25) is 5.02 Å².